The second kappa shape index (κ2) is 5.03. The van der Waals surface area contributed by atoms with Crippen LogP contribution in [0.4, 0.5) is 5.95 Å². The Labute approximate surface area is 106 Å². The summed E-state index contributed by atoms with van der Waals surface area (Å²) in [5.41, 5.74) is 1.70. The van der Waals surface area contributed by atoms with Gasteiger partial charge in [-0.25, -0.2) is 9.98 Å². The molecular formula is C12H16N4O2. The van der Waals surface area contributed by atoms with Gasteiger partial charge in [0.2, 0.25) is 17.7 Å². The largest absolute Gasteiger partial charge is 0.483 e. The summed E-state index contributed by atoms with van der Waals surface area (Å²) in [5, 5.41) is 0. The third-order valence-electron chi connectivity index (χ3n) is 2.47. The molecule has 1 aliphatic rings. The highest BCUT2D eigenvalue weighted by Crippen LogP contribution is 2.18. The van der Waals surface area contributed by atoms with E-state index in [0.29, 0.717) is 24.3 Å². The quantitative estimate of drug-likeness (QED) is 0.794. The second-order valence-corrected chi connectivity index (χ2v) is 3.96. The standard InChI is InChI=1S/C12H16N4O2/c1-8-5-10(17-3)15-12(14-8)16-6-9(2)13-11(7-16)18-4/h5-6H,7H2,1-4H3. The highest BCUT2D eigenvalue weighted by Gasteiger charge is 2.17. The van der Waals surface area contributed by atoms with E-state index >= 15 is 0 Å². The molecule has 0 aliphatic carbocycles. The van der Waals surface area contributed by atoms with Gasteiger partial charge in [-0.3, -0.25) is 0 Å². The van der Waals surface area contributed by atoms with Gasteiger partial charge in [0.05, 0.1) is 19.9 Å². The first-order chi connectivity index (χ1) is 8.62. The molecule has 96 valence electrons. The summed E-state index contributed by atoms with van der Waals surface area (Å²) in [5.74, 6) is 1.76. The molecule has 1 aromatic rings. The van der Waals surface area contributed by atoms with Gasteiger partial charge in [0.15, 0.2) is 0 Å². The highest BCUT2D eigenvalue weighted by atomic mass is 16.5. The molecule has 0 saturated heterocycles. The van der Waals surface area contributed by atoms with Crippen molar-refractivity contribution < 1.29 is 9.47 Å². The minimum Gasteiger partial charge on any atom is -0.483 e. The van der Waals surface area contributed by atoms with Crippen LogP contribution in [0, 0.1) is 6.92 Å². The lowest BCUT2D eigenvalue weighted by molar-refractivity contribution is 0.390. The van der Waals surface area contributed by atoms with E-state index < -0.39 is 0 Å². The number of aryl methyl sites for hydroxylation is 1. The van der Waals surface area contributed by atoms with Crippen LogP contribution < -0.4 is 9.64 Å². The number of allylic oxidation sites excluding steroid dienone is 1. The fraction of sp³-hybridized carbons (Fsp3) is 0.417. The number of methoxy groups -OCH3 is 2. The van der Waals surface area contributed by atoms with Crippen molar-refractivity contribution in [1.82, 2.24) is 9.97 Å². The summed E-state index contributed by atoms with van der Waals surface area (Å²) >= 11 is 0. The van der Waals surface area contributed by atoms with Crippen molar-refractivity contribution in [3.8, 4) is 5.88 Å². The average molecular weight is 248 g/mol. The zero-order valence-electron chi connectivity index (χ0n) is 11.0. The Balaban J connectivity index is 2.33. The predicted octanol–water partition coefficient (Wildman–Crippen LogP) is 1.52. The second-order valence-electron chi connectivity index (χ2n) is 3.96. The first-order valence-electron chi connectivity index (χ1n) is 5.58. The highest BCUT2D eigenvalue weighted by molar-refractivity contribution is 5.83. The fourth-order valence-corrected chi connectivity index (χ4v) is 1.67. The third-order valence-corrected chi connectivity index (χ3v) is 2.47. The minimum absolute atomic E-state index is 0.514. The normalized spacial score (nSPS) is 15.0. The summed E-state index contributed by atoms with van der Waals surface area (Å²) in [6, 6.07) is 1.79. The molecule has 0 spiro atoms. The van der Waals surface area contributed by atoms with Crippen molar-refractivity contribution in [2.45, 2.75) is 13.8 Å². The molecule has 0 unspecified atom stereocenters. The van der Waals surface area contributed by atoms with Crippen LogP contribution in [0.1, 0.15) is 12.6 Å². The van der Waals surface area contributed by atoms with Gasteiger partial charge in [-0.2, -0.15) is 4.98 Å². The monoisotopic (exact) mass is 248 g/mol. The summed E-state index contributed by atoms with van der Waals surface area (Å²) in [4.78, 5) is 14.9. The van der Waals surface area contributed by atoms with Gasteiger partial charge < -0.3 is 14.4 Å². The zero-order chi connectivity index (χ0) is 13.1. The molecular weight excluding hydrogens is 232 g/mol. The molecule has 2 rings (SSSR count). The number of hydrogen-bond donors (Lipinski definition) is 0. The molecule has 1 aromatic heterocycles. The van der Waals surface area contributed by atoms with Crippen LogP contribution in [-0.4, -0.2) is 36.6 Å². The summed E-state index contributed by atoms with van der Waals surface area (Å²) in [6.07, 6.45) is 1.89. The van der Waals surface area contributed by atoms with Crippen LogP contribution in [0.25, 0.3) is 0 Å². The maximum atomic E-state index is 5.18. The van der Waals surface area contributed by atoms with Crippen molar-refractivity contribution in [3.63, 3.8) is 0 Å². The van der Waals surface area contributed by atoms with Gasteiger partial charge >= 0.3 is 0 Å². The first-order valence-corrected chi connectivity index (χ1v) is 5.58. The third kappa shape index (κ3) is 2.58. The van der Waals surface area contributed by atoms with Crippen LogP contribution in [0.2, 0.25) is 0 Å². The van der Waals surface area contributed by atoms with E-state index in [9.17, 15) is 0 Å². The molecule has 0 amide bonds. The van der Waals surface area contributed by atoms with Crippen LogP contribution in [0.3, 0.4) is 0 Å². The molecule has 18 heavy (non-hydrogen) atoms. The Kier molecular flexibility index (Phi) is 3.45. The van der Waals surface area contributed by atoms with E-state index in [1.807, 2.05) is 24.9 Å². The van der Waals surface area contributed by atoms with Crippen LogP contribution in [0.5, 0.6) is 5.88 Å². The van der Waals surface area contributed by atoms with E-state index in [2.05, 4.69) is 15.0 Å². The number of aromatic nitrogens is 2. The lowest BCUT2D eigenvalue weighted by Gasteiger charge is -2.23. The predicted molar refractivity (Wildman–Crippen MR) is 68.9 cm³/mol. The summed E-state index contributed by atoms with van der Waals surface area (Å²) in [6.45, 7) is 4.32. The lowest BCUT2D eigenvalue weighted by atomic mass is 10.4. The number of hydrogen-bond acceptors (Lipinski definition) is 6. The molecule has 0 N–H and O–H groups in total. The van der Waals surface area contributed by atoms with Gasteiger partial charge in [0, 0.05) is 18.0 Å². The Morgan fingerprint density at radius 1 is 1.17 bits per heavy atom. The molecule has 0 bridgehead atoms. The zero-order valence-corrected chi connectivity index (χ0v) is 11.0. The number of nitrogens with zero attached hydrogens (tertiary/aromatic N) is 4. The first kappa shape index (κ1) is 12.3. The van der Waals surface area contributed by atoms with Crippen LogP contribution in [-0.2, 0) is 4.74 Å². The van der Waals surface area contributed by atoms with E-state index in [4.69, 9.17) is 9.47 Å². The minimum atomic E-state index is 0.514. The van der Waals surface area contributed by atoms with Gasteiger partial charge in [-0.1, -0.05) is 0 Å². The van der Waals surface area contributed by atoms with E-state index in [1.54, 1.807) is 20.3 Å². The van der Waals surface area contributed by atoms with Crippen molar-refractivity contribution >= 4 is 11.8 Å². The Bertz CT molecular complexity index is 511. The average Bonchev–Trinajstić information content (AvgIpc) is 2.37. The fourth-order valence-electron chi connectivity index (χ4n) is 1.67. The van der Waals surface area contributed by atoms with Gasteiger partial charge in [-0.05, 0) is 13.8 Å². The van der Waals surface area contributed by atoms with Crippen molar-refractivity contribution in [2.75, 3.05) is 25.7 Å². The molecule has 0 fully saturated rings. The SMILES string of the molecule is COC1=NC(C)=CN(c2nc(C)cc(OC)n2)C1. The van der Waals surface area contributed by atoms with E-state index in [0.717, 1.165) is 11.4 Å². The smallest absolute Gasteiger partial charge is 0.233 e. The van der Waals surface area contributed by atoms with E-state index in [1.165, 1.54) is 0 Å². The van der Waals surface area contributed by atoms with E-state index in [-0.39, 0.29) is 0 Å². The Morgan fingerprint density at radius 2 is 1.94 bits per heavy atom. The Hall–Kier alpha value is -2.11. The Morgan fingerprint density at radius 3 is 2.61 bits per heavy atom. The topological polar surface area (TPSA) is 59.8 Å². The van der Waals surface area contributed by atoms with Gasteiger partial charge in [0.1, 0.15) is 6.54 Å². The van der Waals surface area contributed by atoms with Crippen LogP contribution in [0.15, 0.2) is 23.0 Å². The summed E-state index contributed by atoms with van der Waals surface area (Å²) < 4.78 is 10.3. The van der Waals surface area contributed by atoms with Crippen molar-refractivity contribution in [1.29, 1.82) is 0 Å². The number of ether oxygens (including phenoxy) is 2. The van der Waals surface area contributed by atoms with Gasteiger partial charge in [-0.15, -0.1) is 0 Å². The molecule has 0 atom stereocenters. The summed E-state index contributed by atoms with van der Waals surface area (Å²) in [7, 11) is 3.19. The van der Waals surface area contributed by atoms with Crippen molar-refractivity contribution in [3.05, 3.63) is 23.7 Å². The van der Waals surface area contributed by atoms with Crippen molar-refractivity contribution in [2.24, 2.45) is 4.99 Å². The molecule has 0 aromatic carbocycles. The maximum Gasteiger partial charge on any atom is 0.233 e. The number of rotatable bonds is 2. The molecule has 0 saturated carbocycles. The molecule has 0 radical (unpaired) electrons. The molecule has 6 heteroatoms. The van der Waals surface area contributed by atoms with Crippen LogP contribution >= 0.6 is 0 Å². The molecule has 2 heterocycles. The number of anilines is 1. The molecule has 6 nitrogen and oxygen atoms in total. The van der Waals surface area contributed by atoms with Gasteiger partial charge in [0.25, 0.3) is 0 Å². The maximum absolute atomic E-state index is 5.18. The molecule has 1 aliphatic heterocycles. The number of aliphatic imine (C=N–C) groups is 1. The lowest BCUT2D eigenvalue weighted by Crippen LogP contribution is -2.30.